The number of fused-ring (bicyclic) bond motifs is 1. The molecule has 0 spiro atoms. The Kier molecular flexibility index (Phi) is 4.70. The topological polar surface area (TPSA) is 15.3 Å². The van der Waals surface area contributed by atoms with Crippen LogP contribution in [0, 0.1) is 5.41 Å². The minimum atomic E-state index is 0.303. The van der Waals surface area contributed by atoms with Crippen molar-refractivity contribution in [2.45, 2.75) is 53.1 Å². The summed E-state index contributed by atoms with van der Waals surface area (Å²) in [5.41, 5.74) is 1.86. The maximum Gasteiger partial charge on any atom is 0.0331 e. The molecule has 1 aliphatic heterocycles. The van der Waals surface area contributed by atoms with Gasteiger partial charge in [0.15, 0.2) is 0 Å². The second-order valence-electron chi connectivity index (χ2n) is 6.46. The third-order valence-corrected chi connectivity index (χ3v) is 5.69. The summed E-state index contributed by atoms with van der Waals surface area (Å²) in [6, 6.07) is 3.44. The largest absolute Gasteiger partial charge is 0.314 e. The molecule has 0 bridgehead atoms. The number of hydrogen-bond acceptors (Lipinski definition) is 3. The Hall–Kier alpha value is -0.380. The molecule has 1 aromatic rings. The first-order valence-electron chi connectivity index (χ1n) is 7.49. The second kappa shape index (κ2) is 5.94. The molecule has 0 fully saturated rings. The van der Waals surface area contributed by atoms with Gasteiger partial charge in [-0.3, -0.25) is 4.90 Å². The van der Waals surface area contributed by atoms with Crippen LogP contribution in [0.5, 0.6) is 0 Å². The fourth-order valence-corrected chi connectivity index (χ4v) is 3.98. The minimum absolute atomic E-state index is 0.303. The first-order valence-corrected chi connectivity index (χ1v) is 8.37. The molecule has 0 amide bonds. The molecule has 19 heavy (non-hydrogen) atoms. The van der Waals surface area contributed by atoms with Crippen LogP contribution in [0.25, 0.3) is 0 Å². The first-order chi connectivity index (χ1) is 8.95. The number of rotatable bonds is 5. The van der Waals surface area contributed by atoms with Gasteiger partial charge in [-0.25, -0.2) is 0 Å². The summed E-state index contributed by atoms with van der Waals surface area (Å²) in [4.78, 5) is 4.25. The lowest BCUT2D eigenvalue weighted by Gasteiger charge is -2.42. The van der Waals surface area contributed by atoms with Crippen molar-refractivity contribution in [3.8, 4) is 0 Å². The summed E-state index contributed by atoms with van der Waals surface area (Å²) in [6.45, 7) is 15.1. The Morgan fingerprint density at radius 1 is 1.53 bits per heavy atom. The average molecular weight is 280 g/mol. The van der Waals surface area contributed by atoms with E-state index >= 15 is 0 Å². The minimum Gasteiger partial charge on any atom is -0.314 e. The van der Waals surface area contributed by atoms with Gasteiger partial charge in [0.2, 0.25) is 0 Å². The first kappa shape index (κ1) is 15.0. The molecule has 0 aromatic carbocycles. The third-order valence-electron chi connectivity index (χ3n) is 4.70. The fraction of sp³-hybridized carbons (Fsp3) is 0.750. The summed E-state index contributed by atoms with van der Waals surface area (Å²) >= 11 is 1.92. The average Bonchev–Trinajstić information content (AvgIpc) is 2.82. The van der Waals surface area contributed by atoms with Crippen LogP contribution >= 0.6 is 11.3 Å². The molecule has 2 heterocycles. The molecule has 2 rings (SSSR count). The summed E-state index contributed by atoms with van der Waals surface area (Å²) in [5, 5.41) is 5.83. The Balaban J connectivity index is 2.04. The van der Waals surface area contributed by atoms with Gasteiger partial charge in [0.05, 0.1) is 0 Å². The molecular weight excluding hydrogens is 252 g/mol. The van der Waals surface area contributed by atoms with E-state index in [1.165, 1.54) is 13.0 Å². The predicted molar refractivity (Wildman–Crippen MR) is 84.9 cm³/mol. The van der Waals surface area contributed by atoms with Crippen LogP contribution in [-0.4, -0.2) is 30.6 Å². The van der Waals surface area contributed by atoms with Gasteiger partial charge >= 0.3 is 0 Å². The van der Waals surface area contributed by atoms with Gasteiger partial charge in [-0.15, -0.1) is 11.3 Å². The molecular formula is C16H28N2S. The Morgan fingerprint density at radius 2 is 2.26 bits per heavy atom. The molecule has 0 saturated heterocycles. The van der Waals surface area contributed by atoms with E-state index < -0.39 is 0 Å². The van der Waals surface area contributed by atoms with Crippen molar-refractivity contribution >= 4 is 11.3 Å². The van der Waals surface area contributed by atoms with Crippen molar-refractivity contribution in [3.63, 3.8) is 0 Å². The Labute approximate surface area is 122 Å². The molecule has 108 valence electrons. The maximum absolute atomic E-state index is 3.58. The van der Waals surface area contributed by atoms with Gasteiger partial charge in [0.25, 0.3) is 0 Å². The van der Waals surface area contributed by atoms with Crippen LogP contribution in [0.2, 0.25) is 0 Å². The molecule has 1 aromatic heterocycles. The number of nitrogens with one attached hydrogen (secondary N) is 1. The zero-order chi connectivity index (χ0) is 14.0. The molecule has 0 radical (unpaired) electrons. The van der Waals surface area contributed by atoms with Crippen molar-refractivity contribution in [3.05, 3.63) is 21.9 Å². The van der Waals surface area contributed by atoms with E-state index in [0.29, 0.717) is 17.5 Å². The van der Waals surface area contributed by atoms with Gasteiger partial charge in [0, 0.05) is 30.1 Å². The highest BCUT2D eigenvalue weighted by molar-refractivity contribution is 7.10. The van der Waals surface area contributed by atoms with Crippen molar-refractivity contribution in [1.82, 2.24) is 10.2 Å². The summed E-state index contributed by atoms with van der Waals surface area (Å²) < 4.78 is 0. The summed E-state index contributed by atoms with van der Waals surface area (Å²) in [5.74, 6) is 0. The molecule has 2 atom stereocenters. The van der Waals surface area contributed by atoms with E-state index in [-0.39, 0.29) is 0 Å². The van der Waals surface area contributed by atoms with E-state index in [0.717, 1.165) is 13.1 Å². The lowest BCUT2D eigenvalue weighted by atomic mass is 9.83. The van der Waals surface area contributed by atoms with Gasteiger partial charge < -0.3 is 5.32 Å². The van der Waals surface area contributed by atoms with E-state index in [9.17, 15) is 0 Å². The zero-order valence-electron chi connectivity index (χ0n) is 13.0. The zero-order valence-corrected chi connectivity index (χ0v) is 13.8. The fourth-order valence-electron chi connectivity index (χ4n) is 3.02. The van der Waals surface area contributed by atoms with E-state index in [2.05, 4.69) is 56.3 Å². The van der Waals surface area contributed by atoms with Crippen LogP contribution < -0.4 is 5.32 Å². The van der Waals surface area contributed by atoms with Crippen LogP contribution in [0.4, 0.5) is 0 Å². The molecule has 1 aliphatic rings. The summed E-state index contributed by atoms with van der Waals surface area (Å²) in [7, 11) is 0. The number of nitrogens with zero attached hydrogens (tertiary/aromatic N) is 1. The predicted octanol–water partition coefficient (Wildman–Crippen LogP) is 3.69. The van der Waals surface area contributed by atoms with Crippen molar-refractivity contribution in [2.75, 3.05) is 19.6 Å². The standard InChI is InChI=1S/C16H28N2S/c1-6-17-13(3)16(4,5)11-18-9-7-15-14(12(18)2)8-10-19-15/h8,10,12-13,17H,6-7,9,11H2,1-5H3. The van der Waals surface area contributed by atoms with Crippen molar-refractivity contribution in [1.29, 1.82) is 0 Å². The van der Waals surface area contributed by atoms with Crippen molar-refractivity contribution in [2.24, 2.45) is 5.41 Å². The smallest absolute Gasteiger partial charge is 0.0331 e. The van der Waals surface area contributed by atoms with Gasteiger partial charge in [-0.2, -0.15) is 0 Å². The van der Waals surface area contributed by atoms with Gasteiger partial charge in [-0.05, 0) is 49.2 Å². The quantitative estimate of drug-likeness (QED) is 0.885. The highest BCUT2D eigenvalue weighted by Crippen LogP contribution is 2.35. The lowest BCUT2D eigenvalue weighted by molar-refractivity contribution is 0.106. The Morgan fingerprint density at radius 3 is 2.95 bits per heavy atom. The third kappa shape index (κ3) is 3.21. The van der Waals surface area contributed by atoms with Gasteiger partial charge in [-0.1, -0.05) is 20.8 Å². The van der Waals surface area contributed by atoms with Crippen LogP contribution in [-0.2, 0) is 6.42 Å². The van der Waals surface area contributed by atoms with E-state index in [4.69, 9.17) is 0 Å². The molecule has 1 N–H and O–H groups in total. The lowest BCUT2D eigenvalue weighted by Crippen LogP contribution is -2.48. The number of hydrogen-bond donors (Lipinski definition) is 1. The van der Waals surface area contributed by atoms with E-state index in [1.54, 1.807) is 10.4 Å². The second-order valence-corrected chi connectivity index (χ2v) is 7.46. The monoisotopic (exact) mass is 280 g/mol. The van der Waals surface area contributed by atoms with E-state index in [1.807, 2.05) is 11.3 Å². The SMILES string of the molecule is CCNC(C)C(C)(C)CN1CCc2sccc2C1C. The molecule has 0 saturated carbocycles. The maximum atomic E-state index is 3.58. The summed E-state index contributed by atoms with van der Waals surface area (Å²) in [6.07, 6.45) is 1.23. The molecule has 3 heteroatoms. The normalized spacial score (nSPS) is 22.3. The van der Waals surface area contributed by atoms with Gasteiger partial charge in [0.1, 0.15) is 0 Å². The van der Waals surface area contributed by atoms with Crippen LogP contribution in [0.1, 0.15) is 51.1 Å². The molecule has 2 unspecified atom stereocenters. The van der Waals surface area contributed by atoms with Crippen LogP contribution in [0.15, 0.2) is 11.4 Å². The highest BCUT2D eigenvalue weighted by Gasteiger charge is 2.32. The Bertz CT molecular complexity index is 411. The van der Waals surface area contributed by atoms with Crippen LogP contribution in [0.3, 0.4) is 0 Å². The number of thiophene rings is 1. The highest BCUT2D eigenvalue weighted by atomic mass is 32.1. The molecule has 0 aliphatic carbocycles. The molecule has 2 nitrogen and oxygen atoms in total. The van der Waals surface area contributed by atoms with Crippen molar-refractivity contribution < 1.29 is 0 Å².